The number of nitrogens with zero attached hydrogens (tertiary/aromatic N) is 4. The molecule has 0 atom stereocenters. The fourth-order valence-electron chi connectivity index (χ4n) is 7.11. The minimum atomic E-state index is -0.188. The molecule has 0 spiro atoms. The lowest BCUT2D eigenvalue weighted by molar-refractivity contribution is 0.632. The lowest BCUT2D eigenvalue weighted by Crippen LogP contribution is -2.30. The lowest BCUT2D eigenvalue weighted by Gasteiger charge is -2.42. The van der Waals surface area contributed by atoms with Gasteiger partial charge in [0.1, 0.15) is 0 Å². The van der Waals surface area contributed by atoms with E-state index in [0.717, 1.165) is 44.9 Å². The summed E-state index contributed by atoms with van der Waals surface area (Å²) in [6.45, 7) is 4.57. The standard InChI is InChI=1S/C41H28N4/c1-41(2)35-13-5-9-17-39(35)45(40-18-10-6-14-36(40)41)31-23-29(34-21-27(25-42)19-20-28(34)26-43)22-30(24-31)44-37-15-7-3-11-32(37)33-12-4-8-16-38(33)44/h3-24H,1-2H3. The van der Waals surface area contributed by atoms with Crippen molar-refractivity contribution in [3.63, 3.8) is 0 Å². The minimum Gasteiger partial charge on any atom is -0.310 e. The van der Waals surface area contributed by atoms with Crippen molar-refractivity contribution < 1.29 is 0 Å². The predicted molar refractivity (Wildman–Crippen MR) is 182 cm³/mol. The number of hydrogen-bond acceptors (Lipinski definition) is 3. The van der Waals surface area contributed by atoms with E-state index < -0.39 is 0 Å². The van der Waals surface area contributed by atoms with Crippen molar-refractivity contribution in [3.8, 4) is 29.0 Å². The minimum absolute atomic E-state index is 0.188. The van der Waals surface area contributed by atoms with Crippen LogP contribution in [-0.2, 0) is 5.41 Å². The molecule has 1 aliphatic heterocycles. The zero-order valence-corrected chi connectivity index (χ0v) is 25.0. The summed E-state index contributed by atoms with van der Waals surface area (Å²) in [4.78, 5) is 2.34. The summed E-state index contributed by atoms with van der Waals surface area (Å²) in [5, 5.41) is 22.3. The molecule has 1 aromatic heterocycles. The Morgan fingerprint density at radius 2 is 1.11 bits per heavy atom. The number of benzene rings is 6. The third-order valence-corrected chi connectivity index (χ3v) is 9.22. The fourth-order valence-corrected chi connectivity index (χ4v) is 7.11. The largest absolute Gasteiger partial charge is 0.310 e. The van der Waals surface area contributed by atoms with Gasteiger partial charge in [0.2, 0.25) is 0 Å². The summed E-state index contributed by atoms with van der Waals surface area (Å²) in [5.41, 5.74) is 11.4. The fraction of sp³-hybridized carbons (Fsp3) is 0.0732. The van der Waals surface area contributed by atoms with Gasteiger partial charge in [0.15, 0.2) is 0 Å². The molecule has 7 aromatic rings. The van der Waals surface area contributed by atoms with E-state index >= 15 is 0 Å². The number of aromatic nitrogens is 1. The maximum Gasteiger partial charge on any atom is 0.0998 e. The summed E-state index contributed by atoms with van der Waals surface area (Å²) in [6.07, 6.45) is 0. The Labute approximate surface area is 262 Å². The van der Waals surface area contributed by atoms with Gasteiger partial charge in [-0.15, -0.1) is 0 Å². The van der Waals surface area contributed by atoms with Crippen LogP contribution in [0.1, 0.15) is 36.1 Å². The van der Waals surface area contributed by atoms with Gasteiger partial charge in [-0.25, -0.2) is 0 Å². The highest BCUT2D eigenvalue weighted by Crippen LogP contribution is 2.52. The van der Waals surface area contributed by atoms with Crippen LogP contribution in [-0.4, -0.2) is 4.57 Å². The SMILES string of the molecule is CC1(C)c2ccccc2N(c2cc(-c3cc(C#N)ccc3C#N)cc(-n3c4ccccc4c4ccccc43)c2)c2ccccc21. The van der Waals surface area contributed by atoms with Gasteiger partial charge in [-0.2, -0.15) is 10.5 Å². The van der Waals surface area contributed by atoms with E-state index in [1.807, 2.05) is 6.07 Å². The van der Waals surface area contributed by atoms with Crippen LogP contribution in [0.3, 0.4) is 0 Å². The highest BCUT2D eigenvalue weighted by Gasteiger charge is 2.36. The summed E-state index contributed by atoms with van der Waals surface area (Å²) < 4.78 is 2.31. The molecule has 45 heavy (non-hydrogen) atoms. The molecule has 0 aliphatic carbocycles. The van der Waals surface area contributed by atoms with Gasteiger partial charge in [-0.1, -0.05) is 86.6 Å². The van der Waals surface area contributed by atoms with E-state index in [9.17, 15) is 10.5 Å². The summed E-state index contributed by atoms with van der Waals surface area (Å²) in [6, 6.07) is 50.7. The number of para-hydroxylation sites is 4. The molecule has 0 fully saturated rings. The Balaban J connectivity index is 1.49. The van der Waals surface area contributed by atoms with E-state index in [2.05, 4.69) is 151 Å². The molecule has 0 radical (unpaired) electrons. The second-order valence-electron chi connectivity index (χ2n) is 12.1. The molecule has 8 rings (SSSR count). The first kappa shape index (κ1) is 26.5. The van der Waals surface area contributed by atoms with Crippen molar-refractivity contribution in [1.82, 2.24) is 4.57 Å². The first-order valence-corrected chi connectivity index (χ1v) is 15.1. The average molecular weight is 577 g/mol. The Bertz CT molecular complexity index is 2290. The normalized spacial score (nSPS) is 13.2. The molecule has 6 aromatic carbocycles. The zero-order valence-electron chi connectivity index (χ0n) is 25.0. The molecule has 4 heteroatoms. The van der Waals surface area contributed by atoms with Gasteiger partial charge in [-0.05, 0) is 77.4 Å². The molecular weight excluding hydrogens is 548 g/mol. The van der Waals surface area contributed by atoms with Crippen molar-refractivity contribution in [1.29, 1.82) is 10.5 Å². The molecule has 0 amide bonds. The number of anilines is 3. The van der Waals surface area contributed by atoms with Crippen molar-refractivity contribution in [2.75, 3.05) is 4.90 Å². The number of hydrogen-bond donors (Lipinski definition) is 0. The average Bonchev–Trinajstić information content (AvgIpc) is 3.42. The summed E-state index contributed by atoms with van der Waals surface area (Å²) in [7, 11) is 0. The third-order valence-electron chi connectivity index (χ3n) is 9.22. The molecule has 0 N–H and O–H groups in total. The van der Waals surface area contributed by atoms with Gasteiger partial charge in [0.05, 0.1) is 45.7 Å². The smallest absolute Gasteiger partial charge is 0.0998 e. The predicted octanol–water partition coefficient (Wildman–Crippen LogP) is 10.3. The topological polar surface area (TPSA) is 55.8 Å². The Morgan fingerprint density at radius 1 is 0.556 bits per heavy atom. The maximum absolute atomic E-state index is 10.2. The molecule has 212 valence electrons. The Hall–Kier alpha value is -6.10. The van der Waals surface area contributed by atoms with Crippen molar-refractivity contribution in [2.24, 2.45) is 0 Å². The molecule has 1 aliphatic rings. The van der Waals surface area contributed by atoms with Crippen molar-refractivity contribution >= 4 is 38.9 Å². The van der Waals surface area contributed by atoms with Crippen LogP contribution in [0.25, 0.3) is 38.6 Å². The Morgan fingerprint density at radius 3 is 1.71 bits per heavy atom. The number of rotatable bonds is 3. The van der Waals surface area contributed by atoms with Crippen LogP contribution in [0.2, 0.25) is 0 Å². The van der Waals surface area contributed by atoms with Crippen molar-refractivity contribution in [2.45, 2.75) is 19.3 Å². The molecule has 0 saturated carbocycles. The van der Waals surface area contributed by atoms with E-state index in [1.54, 1.807) is 12.1 Å². The molecule has 2 heterocycles. The second-order valence-corrected chi connectivity index (χ2v) is 12.1. The van der Waals surface area contributed by atoms with E-state index in [1.165, 1.54) is 21.9 Å². The molecule has 4 nitrogen and oxygen atoms in total. The van der Waals surface area contributed by atoms with E-state index in [4.69, 9.17) is 0 Å². The van der Waals surface area contributed by atoms with Gasteiger partial charge in [0.25, 0.3) is 0 Å². The van der Waals surface area contributed by atoms with Crippen LogP contribution < -0.4 is 4.90 Å². The highest BCUT2D eigenvalue weighted by molar-refractivity contribution is 6.09. The summed E-state index contributed by atoms with van der Waals surface area (Å²) in [5.74, 6) is 0. The third kappa shape index (κ3) is 3.97. The van der Waals surface area contributed by atoms with Crippen LogP contribution in [0, 0.1) is 22.7 Å². The number of fused-ring (bicyclic) bond motifs is 5. The maximum atomic E-state index is 10.2. The monoisotopic (exact) mass is 576 g/mol. The van der Waals surface area contributed by atoms with Crippen LogP contribution in [0.5, 0.6) is 0 Å². The second kappa shape index (κ2) is 9.98. The molecule has 0 bridgehead atoms. The van der Waals surface area contributed by atoms with Crippen LogP contribution in [0.15, 0.2) is 133 Å². The first-order chi connectivity index (χ1) is 22.0. The molecule has 0 unspecified atom stereocenters. The lowest BCUT2D eigenvalue weighted by atomic mass is 9.73. The summed E-state index contributed by atoms with van der Waals surface area (Å²) >= 11 is 0. The Kier molecular flexibility index (Phi) is 5.88. The van der Waals surface area contributed by atoms with Gasteiger partial charge in [-0.3, -0.25) is 0 Å². The van der Waals surface area contributed by atoms with Crippen LogP contribution in [0.4, 0.5) is 17.1 Å². The van der Waals surface area contributed by atoms with Gasteiger partial charge in [0, 0.05) is 33.1 Å². The number of nitriles is 2. The van der Waals surface area contributed by atoms with Crippen molar-refractivity contribution in [3.05, 3.63) is 156 Å². The first-order valence-electron chi connectivity index (χ1n) is 15.1. The molecule has 0 saturated heterocycles. The van der Waals surface area contributed by atoms with E-state index in [-0.39, 0.29) is 5.41 Å². The van der Waals surface area contributed by atoms with Crippen LogP contribution >= 0.6 is 0 Å². The quantitative estimate of drug-likeness (QED) is 0.210. The van der Waals surface area contributed by atoms with Gasteiger partial charge < -0.3 is 9.47 Å². The molecular formula is C41H28N4. The van der Waals surface area contributed by atoms with E-state index in [0.29, 0.717) is 11.1 Å². The van der Waals surface area contributed by atoms with Gasteiger partial charge >= 0.3 is 0 Å². The highest BCUT2D eigenvalue weighted by atomic mass is 15.2. The zero-order chi connectivity index (χ0) is 30.7.